The molecule has 21 heavy (non-hydrogen) atoms. The molecule has 1 aromatic carbocycles. The van der Waals surface area contributed by atoms with Crippen molar-refractivity contribution >= 4 is 16.7 Å². The van der Waals surface area contributed by atoms with Gasteiger partial charge >= 0.3 is 0 Å². The van der Waals surface area contributed by atoms with Crippen LogP contribution in [0.15, 0.2) is 41.3 Å². The molecule has 3 rings (SSSR count). The number of benzene rings is 1. The van der Waals surface area contributed by atoms with Gasteiger partial charge in [0.15, 0.2) is 0 Å². The molecular formula is C17H20N2O2. The number of aromatic nitrogens is 1. The highest BCUT2D eigenvalue weighted by molar-refractivity contribution is 5.82. The lowest BCUT2D eigenvalue weighted by Gasteiger charge is -2.33. The van der Waals surface area contributed by atoms with Gasteiger partial charge in [-0.05, 0) is 43.7 Å². The Morgan fingerprint density at radius 1 is 1.24 bits per heavy atom. The van der Waals surface area contributed by atoms with Crippen LogP contribution in [0.1, 0.15) is 26.2 Å². The number of carbonyl (C=O) groups is 1. The number of pyridine rings is 1. The van der Waals surface area contributed by atoms with Gasteiger partial charge in [-0.25, -0.2) is 0 Å². The van der Waals surface area contributed by atoms with Crippen LogP contribution in [-0.2, 0) is 11.3 Å². The smallest absolute Gasteiger partial charge is 0.258 e. The van der Waals surface area contributed by atoms with Crippen molar-refractivity contribution in [2.75, 3.05) is 6.54 Å². The molecule has 1 aliphatic rings. The lowest BCUT2D eigenvalue weighted by molar-refractivity contribution is -0.135. The Morgan fingerprint density at radius 3 is 2.86 bits per heavy atom. The highest BCUT2D eigenvalue weighted by atomic mass is 16.2. The summed E-state index contributed by atoms with van der Waals surface area (Å²) in [6, 6.07) is 9.65. The lowest BCUT2D eigenvalue weighted by atomic mass is 10.0. The SMILES string of the molecule is C[C@@H]1CCCCN1C(=O)Cn1ccc2ccccc2c1=O. The van der Waals surface area contributed by atoms with Crippen molar-refractivity contribution in [3.63, 3.8) is 0 Å². The van der Waals surface area contributed by atoms with Crippen LogP contribution in [0.4, 0.5) is 0 Å². The number of piperidine rings is 1. The summed E-state index contributed by atoms with van der Waals surface area (Å²) < 4.78 is 1.52. The predicted octanol–water partition coefficient (Wildman–Crippen LogP) is 2.40. The second-order valence-electron chi connectivity index (χ2n) is 5.77. The average Bonchev–Trinajstić information content (AvgIpc) is 2.51. The fraction of sp³-hybridized carbons (Fsp3) is 0.412. The Hall–Kier alpha value is -2.10. The van der Waals surface area contributed by atoms with Crippen molar-refractivity contribution < 1.29 is 4.79 Å². The fourth-order valence-electron chi connectivity index (χ4n) is 3.06. The molecule has 0 aliphatic carbocycles. The number of hydrogen-bond donors (Lipinski definition) is 0. The van der Waals surface area contributed by atoms with Gasteiger partial charge in [0.1, 0.15) is 6.54 Å². The van der Waals surface area contributed by atoms with Crippen LogP contribution in [0, 0.1) is 0 Å². The zero-order chi connectivity index (χ0) is 14.8. The summed E-state index contributed by atoms with van der Waals surface area (Å²) in [5, 5.41) is 1.58. The Kier molecular flexibility index (Phi) is 3.78. The molecule has 1 saturated heterocycles. The maximum absolute atomic E-state index is 12.4. The van der Waals surface area contributed by atoms with E-state index in [1.165, 1.54) is 11.0 Å². The minimum absolute atomic E-state index is 0.0413. The maximum Gasteiger partial charge on any atom is 0.258 e. The fourth-order valence-corrected chi connectivity index (χ4v) is 3.06. The molecule has 0 unspecified atom stereocenters. The van der Waals surface area contributed by atoms with E-state index in [0.717, 1.165) is 24.8 Å². The van der Waals surface area contributed by atoms with Gasteiger partial charge in [0.05, 0.1) is 0 Å². The maximum atomic E-state index is 12.4. The topological polar surface area (TPSA) is 42.3 Å². The number of amides is 1. The molecule has 4 heteroatoms. The third-order valence-corrected chi connectivity index (χ3v) is 4.32. The minimum Gasteiger partial charge on any atom is -0.338 e. The Bertz CT molecular complexity index is 720. The van der Waals surface area contributed by atoms with Crippen LogP contribution in [0.3, 0.4) is 0 Å². The standard InChI is InChI=1S/C17H20N2O2/c1-13-6-4-5-10-19(13)16(20)12-18-11-9-14-7-2-3-8-15(14)17(18)21/h2-3,7-9,11,13H,4-6,10,12H2,1H3/t13-/m1/s1. The van der Waals surface area contributed by atoms with Crippen LogP contribution in [0.25, 0.3) is 10.8 Å². The second kappa shape index (κ2) is 5.72. The molecule has 1 amide bonds. The largest absolute Gasteiger partial charge is 0.338 e. The summed E-state index contributed by atoms with van der Waals surface area (Å²) in [6.07, 6.45) is 5.01. The first-order valence-corrected chi connectivity index (χ1v) is 7.54. The van der Waals surface area contributed by atoms with Crippen LogP contribution in [0.5, 0.6) is 0 Å². The summed E-state index contributed by atoms with van der Waals surface area (Å²) in [7, 11) is 0. The third kappa shape index (κ3) is 2.71. The van der Waals surface area contributed by atoms with Gasteiger partial charge in [-0.2, -0.15) is 0 Å². The van der Waals surface area contributed by atoms with Crippen molar-refractivity contribution in [1.29, 1.82) is 0 Å². The molecule has 110 valence electrons. The van der Waals surface area contributed by atoms with E-state index in [0.29, 0.717) is 5.39 Å². The Labute approximate surface area is 124 Å². The molecule has 2 aromatic rings. The van der Waals surface area contributed by atoms with E-state index in [9.17, 15) is 9.59 Å². The van der Waals surface area contributed by atoms with E-state index in [2.05, 4.69) is 6.92 Å². The molecule has 0 saturated carbocycles. The monoisotopic (exact) mass is 284 g/mol. The van der Waals surface area contributed by atoms with Crippen LogP contribution in [-0.4, -0.2) is 28.0 Å². The number of rotatable bonds is 2. The second-order valence-corrected chi connectivity index (χ2v) is 5.77. The van der Waals surface area contributed by atoms with E-state index in [1.54, 1.807) is 6.20 Å². The normalized spacial score (nSPS) is 18.9. The van der Waals surface area contributed by atoms with Gasteiger partial charge in [0, 0.05) is 24.2 Å². The van der Waals surface area contributed by atoms with Crippen LogP contribution < -0.4 is 5.56 Å². The molecule has 0 bridgehead atoms. The van der Waals surface area contributed by atoms with Crippen molar-refractivity contribution in [3.8, 4) is 0 Å². The van der Waals surface area contributed by atoms with Gasteiger partial charge in [-0.3, -0.25) is 9.59 Å². The molecule has 1 atom stereocenters. The van der Waals surface area contributed by atoms with E-state index < -0.39 is 0 Å². The van der Waals surface area contributed by atoms with Gasteiger partial charge in [0.25, 0.3) is 5.56 Å². The van der Waals surface area contributed by atoms with Crippen molar-refractivity contribution in [2.45, 2.75) is 38.8 Å². The number of likely N-dealkylation sites (tertiary alicyclic amines) is 1. The first-order chi connectivity index (χ1) is 10.2. The van der Waals surface area contributed by atoms with Gasteiger partial charge in [-0.1, -0.05) is 18.2 Å². The molecule has 1 aliphatic heterocycles. The van der Waals surface area contributed by atoms with Crippen molar-refractivity contribution in [3.05, 3.63) is 46.9 Å². The van der Waals surface area contributed by atoms with Gasteiger partial charge < -0.3 is 9.47 Å². The van der Waals surface area contributed by atoms with E-state index in [1.807, 2.05) is 35.2 Å². The molecule has 2 heterocycles. The number of fused-ring (bicyclic) bond motifs is 1. The first-order valence-electron chi connectivity index (χ1n) is 7.54. The van der Waals surface area contributed by atoms with Gasteiger partial charge in [0.2, 0.25) is 5.91 Å². The van der Waals surface area contributed by atoms with Gasteiger partial charge in [-0.15, -0.1) is 0 Å². The van der Waals surface area contributed by atoms with E-state index in [-0.39, 0.29) is 24.1 Å². The summed E-state index contributed by atoms with van der Waals surface area (Å²) in [4.78, 5) is 26.8. The molecule has 0 N–H and O–H groups in total. The lowest BCUT2D eigenvalue weighted by Crippen LogP contribution is -2.44. The van der Waals surface area contributed by atoms with Crippen molar-refractivity contribution in [2.24, 2.45) is 0 Å². The number of hydrogen-bond acceptors (Lipinski definition) is 2. The quantitative estimate of drug-likeness (QED) is 0.850. The Morgan fingerprint density at radius 2 is 2.05 bits per heavy atom. The zero-order valence-electron chi connectivity index (χ0n) is 12.3. The average molecular weight is 284 g/mol. The van der Waals surface area contributed by atoms with E-state index >= 15 is 0 Å². The summed E-state index contributed by atoms with van der Waals surface area (Å²) in [5.74, 6) is 0.0413. The summed E-state index contributed by atoms with van der Waals surface area (Å²) >= 11 is 0. The Balaban J connectivity index is 1.86. The zero-order valence-corrected chi connectivity index (χ0v) is 12.3. The molecule has 1 aromatic heterocycles. The van der Waals surface area contributed by atoms with Crippen molar-refractivity contribution in [1.82, 2.24) is 9.47 Å². The number of carbonyl (C=O) groups excluding carboxylic acids is 1. The first kappa shape index (κ1) is 13.9. The highest BCUT2D eigenvalue weighted by Crippen LogP contribution is 2.17. The minimum atomic E-state index is -0.0916. The predicted molar refractivity (Wildman–Crippen MR) is 83.2 cm³/mol. The highest BCUT2D eigenvalue weighted by Gasteiger charge is 2.23. The molecule has 0 radical (unpaired) electrons. The molecule has 4 nitrogen and oxygen atoms in total. The third-order valence-electron chi connectivity index (χ3n) is 4.32. The van der Waals surface area contributed by atoms with Crippen LogP contribution >= 0.6 is 0 Å². The summed E-state index contributed by atoms with van der Waals surface area (Å²) in [6.45, 7) is 3.02. The number of nitrogens with zero attached hydrogens (tertiary/aromatic N) is 2. The molecule has 0 spiro atoms. The van der Waals surface area contributed by atoms with E-state index in [4.69, 9.17) is 0 Å². The molecule has 1 fully saturated rings. The summed E-state index contributed by atoms with van der Waals surface area (Å²) in [5.41, 5.74) is -0.0916. The molecular weight excluding hydrogens is 264 g/mol. The van der Waals surface area contributed by atoms with Crippen LogP contribution in [0.2, 0.25) is 0 Å².